The molecule has 1 aromatic carbocycles. The van der Waals surface area contributed by atoms with E-state index in [1.807, 2.05) is 29.2 Å². The number of carbonyl (C=O) groups excluding carboxylic acids is 1. The molecule has 4 aromatic rings. The average molecular weight is 478 g/mol. The van der Waals surface area contributed by atoms with E-state index in [-0.39, 0.29) is 11.7 Å². The molecule has 9 heteroatoms. The van der Waals surface area contributed by atoms with E-state index in [4.69, 9.17) is 4.52 Å². The number of hydrogen-bond acceptors (Lipinski definition) is 7. The summed E-state index contributed by atoms with van der Waals surface area (Å²) in [6.45, 7) is 3.89. The summed E-state index contributed by atoms with van der Waals surface area (Å²) in [5, 5.41) is 3.99. The topological polar surface area (TPSA) is 75.4 Å². The van der Waals surface area contributed by atoms with Gasteiger partial charge in [0.1, 0.15) is 5.82 Å². The third kappa shape index (κ3) is 5.37. The molecule has 0 unspecified atom stereocenters. The standard InChI is InChI=1S/C25H24FN5O2S/c26-20-3-1-2-19(16-20)22-5-4-21(34-22)17-30-12-14-31(15-13-30)24(32)7-6-23-28-25(29-33-23)18-8-10-27-11-9-18/h1-5,8-11,16H,6-7,12-15,17H2. The number of benzene rings is 1. The summed E-state index contributed by atoms with van der Waals surface area (Å²) in [5.41, 5.74) is 1.74. The zero-order chi connectivity index (χ0) is 23.3. The van der Waals surface area contributed by atoms with Crippen LogP contribution in [0.1, 0.15) is 17.2 Å². The molecule has 0 atom stereocenters. The van der Waals surface area contributed by atoms with Crippen LogP contribution in [0.15, 0.2) is 65.4 Å². The van der Waals surface area contributed by atoms with Crippen LogP contribution in [0, 0.1) is 5.82 Å². The SMILES string of the molecule is O=C(CCc1nc(-c2ccncc2)no1)N1CCN(Cc2ccc(-c3cccc(F)c3)s2)CC1. The van der Waals surface area contributed by atoms with Gasteiger partial charge >= 0.3 is 0 Å². The van der Waals surface area contributed by atoms with Crippen molar-refractivity contribution in [3.63, 3.8) is 0 Å². The van der Waals surface area contributed by atoms with Crippen molar-refractivity contribution in [3.05, 3.63) is 77.5 Å². The molecule has 3 aromatic heterocycles. The fraction of sp³-hybridized carbons (Fsp3) is 0.280. The van der Waals surface area contributed by atoms with Crippen molar-refractivity contribution < 1.29 is 13.7 Å². The number of halogens is 1. The Bertz CT molecular complexity index is 1250. The van der Waals surface area contributed by atoms with Crippen molar-refractivity contribution in [1.82, 2.24) is 24.9 Å². The van der Waals surface area contributed by atoms with E-state index in [9.17, 15) is 9.18 Å². The van der Waals surface area contributed by atoms with Crippen molar-refractivity contribution in [2.24, 2.45) is 0 Å². The first-order chi connectivity index (χ1) is 16.6. The third-order valence-electron chi connectivity index (χ3n) is 5.83. The van der Waals surface area contributed by atoms with Crippen molar-refractivity contribution in [2.45, 2.75) is 19.4 Å². The maximum absolute atomic E-state index is 13.5. The molecular weight excluding hydrogens is 453 g/mol. The number of piperazine rings is 1. The summed E-state index contributed by atoms with van der Waals surface area (Å²) in [4.78, 5) is 27.6. The van der Waals surface area contributed by atoms with Crippen LogP contribution in [-0.4, -0.2) is 57.0 Å². The second-order valence-electron chi connectivity index (χ2n) is 8.18. The van der Waals surface area contributed by atoms with Gasteiger partial charge in [0.25, 0.3) is 0 Å². The highest BCUT2D eigenvalue weighted by molar-refractivity contribution is 7.15. The monoisotopic (exact) mass is 477 g/mol. The van der Waals surface area contributed by atoms with Gasteiger partial charge in [0.2, 0.25) is 17.6 Å². The summed E-state index contributed by atoms with van der Waals surface area (Å²) >= 11 is 1.69. The summed E-state index contributed by atoms with van der Waals surface area (Å²) in [5.74, 6) is 0.854. The van der Waals surface area contributed by atoms with E-state index in [1.54, 1.807) is 35.9 Å². The normalized spacial score (nSPS) is 14.4. The summed E-state index contributed by atoms with van der Waals surface area (Å²) < 4.78 is 18.8. The Kier molecular flexibility index (Phi) is 6.73. The van der Waals surface area contributed by atoms with Gasteiger partial charge in [-0.3, -0.25) is 14.7 Å². The fourth-order valence-electron chi connectivity index (χ4n) is 3.98. The summed E-state index contributed by atoms with van der Waals surface area (Å²) in [6, 6.07) is 14.5. The van der Waals surface area contributed by atoms with Crippen LogP contribution in [0.5, 0.6) is 0 Å². The number of rotatable bonds is 7. The highest BCUT2D eigenvalue weighted by atomic mass is 32.1. The Morgan fingerprint density at radius 3 is 2.65 bits per heavy atom. The first kappa shape index (κ1) is 22.4. The number of pyridine rings is 1. The number of hydrogen-bond donors (Lipinski definition) is 0. The Morgan fingerprint density at radius 1 is 1.03 bits per heavy atom. The minimum atomic E-state index is -0.221. The molecule has 1 aliphatic rings. The van der Waals surface area contributed by atoms with E-state index < -0.39 is 0 Å². The molecule has 7 nitrogen and oxygen atoms in total. The quantitative estimate of drug-likeness (QED) is 0.396. The van der Waals surface area contributed by atoms with Gasteiger partial charge in [0.15, 0.2) is 0 Å². The lowest BCUT2D eigenvalue weighted by atomic mass is 10.2. The third-order valence-corrected chi connectivity index (χ3v) is 6.95. The van der Waals surface area contributed by atoms with Gasteiger partial charge in [-0.05, 0) is 42.0 Å². The van der Waals surface area contributed by atoms with Crippen LogP contribution in [0.2, 0.25) is 0 Å². The first-order valence-corrected chi connectivity index (χ1v) is 12.0. The Labute approximate surface area is 200 Å². The van der Waals surface area contributed by atoms with Gasteiger partial charge in [-0.2, -0.15) is 4.98 Å². The maximum Gasteiger partial charge on any atom is 0.227 e. The lowest BCUT2D eigenvalue weighted by molar-refractivity contribution is -0.133. The van der Waals surface area contributed by atoms with Gasteiger partial charge in [-0.15, -0.1) is 11.3 Å². The minimum absolute atomic E-state index is 0.104. The van der Waals surface area contributed by atoms with Crippen molar-refractivity contribution in [3.8, 4) is 21.8 Å². The van der Waals surface area contributed by atoms with Gasteiger partial charge in [0, 0.05) is 73.3 Å². The molecule has 5 rings (SSSR count). The molecule has 34 heavy (non-hydrogen) atoms. The van der Waals surface area contributed by atoms with E-state index in [1.165, 1.54) is 10.9 Å². The van der Waals surface area contributed by atoms with Crippen molar-refractivity contribution >= 4 is 17.2 Å². The number of aryl methyl sites for hydroxylation is 1. The summed E-state index contributed by atoms with van der Waals surface area (Å²) in [6.07, 6.45) is 4.13. The molecule has 0 N–H and O–H groups in total. The average Bonchev–Trinajstić information content (AvgIpc) is 3.54. The Hall–Kier alpha value is -3.43. The van der Waals surface area contributed by atoms with Gasteiger partial charge in [-0.25, -0.2) is 4.39 Å². The molecule has 0 bridgehead atoms. The summed E-state index contributed by atoms with van der Waals surface area (Å²) in [7, 11) is 0. The Balaban J connectivity index is 1.08. The molecule has 1 amide bonds. The predicted octanol–water partition coefficient (Wildman–Crippen LogP) is 4.28. The van der Waals surface area contributed by atoms with E-state index in [0.29, 0.717) is 37.6 Å². The number of thiophene rings is 1. The molecular formula is C25H24FN5O2S. The zero-order valence-corrected chi connectivity index (χ0v) is 19.4. The van der Waals surface area contributed by atoms with Crippen LogP contribution >= 0.6 is 11.3 Å². The lowest BCUT2D eigenvalue weighted by Crippen LogP contribution is -2.48. The van der Waals surface area contributed by atoms with Crippen LogP contribution < -0.4 is 0 Å². The second kappa shape index (κ2) is 10.2. The van der Waals surface area contributed by atoms with Crippen LogP contribution in [0.3, 0.4) is 0 Å². The van der Waals surface area contributed by atoms with E-state index in [2.05, 4.69) is 26.1 Å². The van der Waals surface area contributed by atoms with Crippen LogP contribution in [0.25, 0.3) is 21.8 Å². The smallest absolute Gasteiger partial charge is 0.227 e. The number of aromatic nitrogens is 3. The molecule has 0 spiro atoms. The lowest BCUT2D eigenvalue weighted by Gasteiger charge is -2.34. The van der Waals surface area contributed by atoms with Gasteiger partial charge in [0.05, 0.1) is 0 Å². The van der Waals surface area contributed by atoms with Gasteiger partial charge in [-0.1, -0.05) is 17.3 Å². The number of carbonyl (C=O) groups is 1. The first-order valence-electron chi connectivity index (χ1n) is 11.2. The van der Waals surface area contributed by atoms with Crippen molar-refractivity contribution in [1.29, 1.82) is 0 Å². The number of nitrogens with zero attached hydrogens (tertiary/aromatic N) is 5. The minimum Gasteiger partial charge on any atom is -0.340 e. The molecule has 1 aliphatic heterocycles. The highest BCUT2D eigenvalue weighted by Gasteiger charge is 2.22. The van der Waals surface area contributed by atoms with Gasteiger partial charge < -0.3 is 9.42 Å². The molecule has 1 fully saturated rings. The highest BCUT2D eigenvalue weighted by Crippen LogP contribution is 2.29. The van der Waals surface area contributed by atoms with Crippen LogP contribution in [-0.2, 0) is 17.8 Å². The Morgan fingerprint density at radius 2 is 1.85 bits per heavy atom. The largest absolute Gasteiger partial charge is 0.340 e. The van der Waals surface area contributed by atoms with E-state index in [0.717, 1.165) is 35.6 Å². The molecule has 0 saturated carbocycles. The molecule has 0 aliphatic carbocycles. The molecule has 4 heterocycles. The van der Waals surface area contributed by atoms with E-state index >= 15 is 0 Å². The zero-order valence-electron chi connectivity index (χ0n) is 18.6. The molecule has 174 valence electrons. The second-order valence-corrected chi connectivity index (χ2v) is 9.35. The molecule has 0 radical (unpaired) electrons. The predicted molar refractivity (Wildman–Crippen MR) is 127 cm³/mol. The van der Waals surface area contributed by atoms with Crippen LogP contribution in [0.4, 0.5) is 4.39 Å². The molecule has 1 saturated heterocycles. The number of amides is 1. The maximum atomic E-state index is 13.5. The fourth-order valence-corrected chi connectivity index (χ4v) is 5.03. The van der Waals surface area contributed by atoms with Crippen molar-refractivity contribution in [2.75, 3.05) is 26.2 Å².